The van der Waals surface area contributed by atoms with Gasteiger partial charge in [-0.3, -0.25) is 19.2 Å². The molecule has 1 aromatic rings. The number of hydrogen-bond donors (Lipinski definition) is 2. The van der Waals surface area contributed by atoms with Crippen LogP contribution in [-0.4, -0.2) is 94.5 Å². The molecule has 2 saturated carbocycles. The second-order valence-corrected chi connectivity index (χ2v) is 14.1. The summed E-state index contributed by atoms with van der Waals surface area (Å²) >= 11 is 0. The first-order valence-corrected chi connectivity index (χ1v) is 16.0. The Labute approximate surface area is 278 Å². The Morgan fingerprint density at radius 3 is 1.94 bits per heavy atom. The Bertz CT molecular complexity index is 1530. The van der Waals surface area contributed by atoms with Crippen LogP contribution in [0, 0.1) is 16.7 Å². The first-order chi connectivity index (χ1) is 22.3. The van der Waals surface area contributed by atoms with E-state index < -0.39 is 94.4 Å². The van der Waals surface area contributed by atoms with E-state index in [1.165, 1.54) is 27.7 Å². The zero-order valence-corrected chi connectivity index (χ0v) is 28.4. The first kappa shape index (κ1) is 35.5. The van der Waals surface area contributed by atoms with E-state index in [9.17, 15) is 34.2 Å². The maximum Gasteiger partial charge on any atom is 0.338 e. The van der Waals surface area contributed by atoms with Gasteiger partial charge in [-0.1, -0.05) is 25.1 Å². The number of carbonyl (C=O) groups is 5. The summed E-state index contributed by atoms with van der Waals surface area (Å²) in [7, 11) is 0. The maximum atomic E-state index is 14.1. The van der Waals surface area contributed by atoms with Crippen LogP contribution in [0.1, 0.15) is 78.6 Å². The summed E-state index contributed by atoms with van der Waals surface area (Å²) in [4.78, 5) is 65.1. The highest BCUT2D eigenvalue weighted by Gasteiger charge is 2.79. The van der Waals surface area contributed by atoms with Gasteiger partial charge in [0, 0.05) is 46.5 Å². The zero-order valence-electron chi connectivity index (χ0n) is 28.4. The van der Waals surface area contributed by atoms with Crippen LogP contribution in [-0.2, 0) is 47.6 Å². The smallest absolute Gasteiger partial charge is 0.338 e. The highest BCUT2D eigenvalue weighted by Crippen LogP contribution is 2.68. The van der Waals surface area contributed by atoms with E-state index in [1.807, 2.05) is 0 Å². The van der Waals surface area contributed by atoms with Gasteiger partial charge in [-0.15, -0.1) is 0 Å². The molecular weight excluding hydrogens is 628 g/mol. The molecule has 2 N–H and O–H groups in total. The highest BCUT2D eigenvalue weighted by atomic mass is 16.6. The van der Waals surface area contributed by atoms with Gasteiger partial charge in [-0.05, 0) is 44.1 Å². The van der Waals surface area contributed by atoms with E-state index in [2.05, 4.69) is 0 Å². The van der Waals surface area contributed by atoms with Crippen LogP contribution in [0.4, 0.5) is 0 Å². The summed E-state index contributed by atoms with van der Waals surface area (Å²) in [5.41, 5.74) is -6.29. The molecule has 1 heterocycles. The van der Waals surface area contributed by atoms with Crippen LogP contribution in [0.15, 0.2) is 41.5 Å². The van der Waals surface area contributed by atoms with Crippen LogP contribution in [0.3, 0.4) is 0 Å². The molecule has 0 radical (unpaired) electrons. The fourth-order valence-corrected chi connectivity index (χ4v) is 8.89. The fourth-order valence-electron chi connectivity index (χ4n) is 8.89. The normalized spacial score (nSPS) is 37.0. The molecule has 0 bridgehead atoms. The number of hydrogen-bond acceptors (Lipinski definition) is 13. The molecule has 0 aromatic heterocycles. The predicted octanol–water partition coefficient (Wildman–Crippen LogP) is 2.59. The number of esters is 5. The summed E-state index contributed by atoms with van der Waals surface area (Å²) in [6, 6.07) is 8.11. The van der Waals surface area contributed by atoms with Gasteiger partial charge in [0.05, 0.1) is 34.7 Å². The molecule has 1 saturated heterocycles. The van der Waals surface area contributed by atoms with Crippen LogP contribution in [0.25, 0.3) is 0 Å². The molecular formula is C35H44O13. The fraction of sp³-hybridized carbons (Fsp3) is 0.629. The van der Waals surface area contributed by atoms with E-state index in [4.69, 9.17) is 28.4 Å². The summed E-state index contributed by atoms with van der Waals surface area (Å²) in [5.74, 6) is -4.96. The quantitative estimate of drug-likeness (QED) is 0.245. The van der Waals surface area contributed by atoms with Gasteiger partial charge in [0.25, 0.3) is 0 Å². The second-order valence-electron chi connectivity index (χ2n) is 14.1. The molecule has 48 heavy (non-hydrogen) atoms. The minimum Gasteiger partial charge on any atom is -0.462 e. The molecule has 13 nitrogen and oxygen atoms in total. The van der Waals surface area contributed by atoms with Gasteiger partial charge in [-0.25, -0.2) is 4.79 Å². The number of aliphatic hydroxyl groups is 2. The average molecular weight is 673 g/mol. The Morgan fingerprint density at radius 2 is 1.44 bits per heavy atom. The average Bonchev–Trinajstić information content (AvgIpc) is 3.23. The Hall–Kier alpha value is -3.81. The highest BCUT2D eigenvalue weighted by molar-refractivity contribution is 5.89. The van der Waals surface area contributed by atoms with Crippen LogP contribution in [0.2, 0.25) is 0 Å². The number of fused-ring (bicyclic) bond motifs is 4. The van der Waals surface area contributed by atoms with Crippen molar-refractivity contribution in [3.63, 3.8) is 0 Å². The topological polar surface area (TPSA) is 181 Å². The molecule has 0 amide bonds. The summed E-state index contributed by atoms with van der Waals surface area (Å²) < 4.78 is 36.1. The minimum absolute atomic E-state index is 0.0311. The lowest BCUT2D eigenvalue weighted by molar-refractivity contribution is -0.350. The molecule has 1 aromatic carbocycles. The summed E-state index contributed by atoms with van der Waals surface area (Å²) in [6.45, 7) is 10.8. The van der Waals surface area contributed by atoms with Gasteiger partial charge >= 0.3 is 29.8 Å². The van der Waals surface area contributed by atoms with E-state index >= 15 is 0 Å². The molecule has 262 valence electrons. The molecule has 3 fully saturated rings. The number of carbonyl (C=O) groups excluding carboxylic acids is 5. The van der Waals surface area contributed by atoms with Crippen LogP contribution >= 0.6 is 0 Å². The Balaban J connectivity index is 1.93. The minimum atomic E-state index is -1.85. The largest absolute Gasteiger partial charge is 0.462 e. The maximum absolute atomic E-state index is 14.1. The SMILES string of the molecule is CC(=O)O[C@H]1C[C@]2(C(C)(C)O)C(=C1C)[C@@H](OC(C)=O)[C@@H](OC(C)=O)[C@]1(C)[C@@H](OC(C)=O)C[C@H]3OC[C@@]3(O)[C@@H]1[C@@H]2OC(=O)c1ccccc1. The Morgan fingerprint density at radius 1 is 0.854 bits per heavy atom. The number of benzene rings is 1. The van der Waals surface area contributed by atoms with Crippen molar-refractivity contribution in [2.24, 2.45) is 16.7 Å². The van der Waals surface area contributed by atoms with Gasteiger partial charge in [0.2, 0.25) is 0 Å². The monoisotopic (exact) mass is 672 g/mol. The third-order valence-corrected chi connectivity index (χ3v) is 10.8. The van der Waals surface area contributed by atoms with Crippen molar-refractivity contribution in [3.05, 3.63) is 47.0 Å². The lowest BCUT2D eigenvalue weighted by Crippen LogP contribution is -2.78. The molecule has 0 spiro atoms. The van der Waals surface area contributed by atoms with Gasteiger partial charge < -0.3 is 38.6 Å². The van der Waals surface area contributed by atoms with Crippen LogP contribution < -0.4 is 0 Å². The van der Waals surface area contributed by atoms with Crippen LogP contribution in [0.5, 0.6) is 0 Å². The van der Waals surface area contributed by atoms with Crippen molar-refractivity contribution < 1.29 is 62.6 Å². The summed E-state index contributed by atoms with van der Waals surface area (Å²) in [6.07, 6.45) is -7.69. The Kier molecular flexibility index (Phi) is 9.07. The van der Waals surface area contributed by atoms with Gasteiger partial charge in [-0.2, -0.15) is 0 Å². The standard InChI is InChI=1S/C35H44O13/c1-17-23(44-18(2)36)15-34(32(6,7)41)26(17)27(46-20(4)38)29(47-21(5)39)33(8)24(45-19(3)37)14-25-35(42,16-43-25)28(33)30(34)48-31(40)22-12-10-9-11-13-22/h9-13,23-25,27-30,41-42H,14-16H2,1-8H3/t23-,24-,25+,27+,28+,29+,30-,33+,34-,35-/m0/s1. The molecule has 10 atom stereocenters. The van der Waals surface area contributed by atoms with E-state index in [1.54, 1.807) is 44.2 Å². The van der Waals surface area contributed by atoms with Crippen molar-refractivity contribution in [1.29, 1.82) is 0 Å². The third kappa shape index (κ3) is 5.49. The molecule has 1 aliphatic heterocycles. The lowest BCUT2D eigenvalue weighted by Gasteiger charge is -2.64. The number of rotatable bonds is 7. The van der Waals surface area contributed by atoms with Crippen molar-refractivity contribution in [1.82, 2.24) is 0 Å². The van der Waals surface area contributed by atoms with E-state index in [0.717, 1.165) is 13.8 Å². The van der Waals surface area contributed by atoms with Crippen molar-refractivity contribution in [3.8, 4) is 0 Å². The number of ether oxygens (including phenoxy) is 6. The molecule has 0 unspecified atom stereocenters. The molecule has 5 rings (SSSR count). The molecule has 4 aliphatic rings. The second kappa shape index (κ2) is 12.3. The van der Waals surface area contributed by atoms with Crippen molar-refractivity contribution in [2.45, 2.75) is 116 Å². The summed E-state index contributed by atoms with van der Waals surface area (Å²) in [5, 5.41) is 25.0. The predicted molar refractivity (Wildman–Crippen MR) is 165 cm³/mol. The van der Waals surface area contributed by atoms with Gasteiger partial charge in [0.15, 0.2) is 12.2 Å². The van der Waals surface area contributed by atoms with Gasteiger partial charge in [0.1, 0.15) is 23.9 Å². The lowest BCUT2D eigenvalue weighted by atomic mass is 9.49. The van der Waals surface area contributed by atoms with Crippen molar-refractivity contribution >= 4 is 29.8 Å². The molecule has 3 aliphatic carbocycles. The molecule has 13 heteroatoms. The van der Waals surface area contributed by atoms with E-state index in [-0.39, 0.29) is 30.6 Å². The zero-order chi connectivity index (χ0) is 35.6. The third-order valence-electron chi connectivity index (χ3n) is 10.8. The first-order valence-electron chi connectivity index (χ1n) is 16.0. The van der Waals surface area contributed by atoms with Crippen molar-refractivity contribution in [2.75, 3.05) is 6.61 Å². The van der Waals surface area contributed by atoms with E-state index in [0.29, 0.717) is 5.57 Å².